The Morgan fingerprint density at radius 2 is 1.67 bits per heavy atom. The third kappa shape index (κ3) is 1.76. The van der Waals surface area contributed by atoms with Gasteiger partial charge in [0.1, 0.15) is 0 Å². The molecule has 0 atom stereocenters. The molecule has 86 valence electrons. The monoisotopic (exact) mass is 234 g/mol. The summed E-state index contributed by atoms with van der Waals surface area (Å²) < 4.78 is 0. The molecule has 2 heterocycles. The maximum atomic E-state index is 12.4. The highest BCUT2D eigenvalue weighted by Crippen LogP contribution is 2.19. The Hall–Kier alpha value is -2.55. The van der Waals surface area contributed by atoms with Gasteiger partial charge in [-0.15, -0.1) is 0 Å². The lowest BCUT2D eigenvalue weighted by Gasteiger charge is -2.04. The Labute approximate surface area is 104 Å². The summed E-state index contributed by atoms with van der Waals surface area (Å²) in [5, 5.41) is 1.90. The van der Waals surface area contributed by atoms with Crippen LogP contribution in [0.4, 0.5) is 0 Å². The number of carbonyl (C=O) groups excluding carboxylic acids is 1. The summed E-state index contributed by atoms with van der Waals surface area (Å²) in [6, 6.07) is 11.2. The van der Waals surface area contributed by atoms with Crippen molar-refractivity contribution in [2.75, 3.05) is 0 Å². The fourth-order valence-electron chi connectivity index (χ4n) is 1.96. The van der Waals surface area contributed by atoms with E-state index < -0.39 is 0 Å². The van der Waals surface area contributed by atoms with E-state index in [4.69, 9.17) is 0 Å². The van der Waals surface area contributed by atoms with Gasteiger partial charge in [0, 0.05) is 41.3 Å². The molecule has 1 aromatic carbocycles. The minimum absolute atomic E-state index is 0.0262. The first-order valence-corrected chi connectivity index (χ1v) is 5.64. The van der Waals surface area contributed by atoms with E-state index in [1.54, 1.807) is 36.9 Å². The molecule has 2 aromatic heterocycles. The number of fused-ring (bicyclic) bond motifs is 1. The zero-order chi connectivity index (χ0) is 12.4. The van der Waals surface area contributed by atoms with Crippen LogP contribution in [-0.4, -0.2) is 15.8 Å². The third-order valence-corrected chi connectivity index (χ3v) is 2.86. The molecule has 3 aromatic rings. The van der Waals surface area contributed by atoms with Crippen LogP contribution in [0, 0.1) is 0 Å². The van der Waals surface area contributed by atoms with Crippen molar-refractivity contribution in [3.63, 3.8) is 0 Å². The van der Waals surface area contributed by atoms with Crippen molar-refractivity contribution in [1.82, 2.24) is 9.97 Å². The van der Waals surface area contributed by atoms with E-state index in [1.165, 1.54) is 0 Å². The van der Waals surface area contributed by atoms with Gasteiger partial charge in [-0.05, 0) is 17.5 Å². The van der Waals surface area contributed by atoms with Gasteiger partial charge in [0.2, 0.25) is 0 Å². The Bertz CT molecular complexity index is 703. The van der Waals surface area contributed by atoms with Crippen LogP contribution in [0.5, 0.6) is 0 Å². The predicted octanol–water partition coefficient (Wildman–Crippen LogP) is 2.86. The summed E-state index contributed by atoms with van der Waals surface area (Å²) in [4.78, 5) is 20.4. The Balaban J connectivity index is 2.18. The van der Waals surface area contributed by atoms with Crippen LogP contribution in [0.25, 0.3) is 10.8 Å². The zero-order valence-corrected chi connectivity index (χ0v) is 9.58. The molecule has 0 fully saturated rings. The van der Waals surface area contributed by atoms with E-state index in [0.29, 0.717) is 11.1 Å². The predicted molar refractivity (Wildman–Crippen MR) is 69.4 cm³/mol. The number of pyridine rings is 2. The van der Waals surface area contributed by atoms with Crippen molar-refractivity contribution < 1.29 is 4.79 Å². The summed E-state index contributed by atoms with van der Waals surface area (Å²) in [5.41, 5.74) is 1.25. The van der Waals surface area contributed by atoms with Gasteiger partial charge in [-0.1, -0.05) is 24.3 Å². The van der Waals surface area contributed by atoms with Gasteiger partial charge in [0.25, 0.3) is 0 Å². The first-order chi connectivity index (χ1) is 8.86. The molecule has 0 N–H and O–H groups in total. The van der Waals surface area contributed by atoms with Crippen LogP contribution in [0.3, 0.4) is 0 Å². The van der Waals surface area contributed by atoms with E-state index >= 15 is 0 Å². The van der Waals surface area contributed by atoms with Gasteiger partial charge in [-0.2, -0.15) is 0 Å². The molecule has 0 aliphatic carbocycles. The van der Waals surface area contributed by atoms with Crippen molar-refractivity contribution in [3.05, 3.63) is 72.3 Å². The molecule has 0 amide bonds. The average Bonchev–Trinajstić information content (AvgIpc) is 2.47. The summed E-state index contributed by atoms with van der Waals surface area (Å²) >= 11 is 0. The minimum Gasteiger partial charge on any atom is -0.289 e. The van der Waals surface area contributed by atoms with Gasteiger partial charge >= 0.3 is 0 Å². The highest BCUT2D eigenvalue weighted by Gasteiger charge is 2.12. The Morgan fingerprint density at radius 1 is 0.889 bits per heavy atom. The second-order valence-electron chi connectivity index (χ2n) is 3.97. The first-order valence-electron chi connectivity index (χ1n) is 5.64. The number of ketones is 1. The maximum Gasteiger partial charge on any atom is 0.195 e. The fourth-order valence-corrected chi connectivity index (χ4v) is 1.96. The van der Waals surface area contributed by atoms with Gasteiger partial charge < -0.3 is 0 Å². The molecule has 0 aliphatic heterocycles. The molecule has 18 heavy (non-hydrogen) atoms. The van der Waals surface area contributed by atoms with Gasteiger partial charge in [-0.3, -0.25) is 14.8 Å². The van der Waals surface area contributed by atoms with Crippen molar-refractivity contribution in [1.29, 1.82) is 0 Å². The van der Waals surface area contributed by atoms with E-state index in [-0.39, 0.29) is 5.78 Å². The van der Waals surface area contributed by atoms with Crippen molar-refractivity contribution in [3.8, 4) is 0 Å². The van der Waals surface area contributed by atoms with Crippen LogP contribution in [0.2, 0.25) is 0 Å². The van der Waals surface area contributed by atoms with Crippen molar-refractivity contribution in [2.24, 2.45) is 0 Å². The average molecular weight is 234 g/mol. The topological polar surface area (TPSA) is 42.9 Å². The molecule has 0 bridgehead atoms. The number of benzene rings is 1. The molecule has 0 unspecified atom stereocenters. The van der Waals surface area contributed by atoms with E-state index in [0.717, 1.165) is 10.8 Å². The normalized spacial score (nSPS) is 10.4. The first kappa shape index (κ1) is 10.6. The molecule has 0 saturated heterocycles. The van der Waals surface area contributed by atoms with E-state index in [2.05, 4.69) is 9.97 Å². The maximum absolute atomic E-state index is 12.4. The van der Waals surface area contributed by atoms with Crippen LogP contribution < -0.4 is 0 Å². The molecule has 3 rings (SSSR count). The smallest absolute Gasteiger partial charge is 0.195 e. The summed E-state index contributed by atoms with van der Waals surface area (Å²) in [6.07, 6.45) is 6.61. The molecule has 0 aliphatic rings. The zero-order valence-electron chi connectivity index (χ0n) is 9.58. The number of aromatic nitrogens is 2. The van der Waals surface area contributed by atoms with Crippen LogP contribution in [-0.2, 0) is 0 Å². The van der Waals surface area contributed by atoms with E-state index in [1.807, 2.05) is 24.3 Å². The van der Waals surface area contributed by atoms with Crippen molar-refractivity contribution >= 4 is 16.6 Å². The number of hydrogen-bond donors (Lipinski definition) is 0. The fraction of sp³-hybridized carbons (Fsp3) is 0. The lowest BCUT2D eigenvalue weighted by Crippen LogP contribution is -2.02. The number of nitrogens with zero attached hydrogens (tertiary/aromatic N) is 2. The number of hydrogen-bond acceptors (Lipinski definition) is 3. The van der Waals surface area contributed by atoms with Crippen LogP contribution in [0.1, 0.15) is 15.9 Å². The van der Waals surface area contributed by atoms with Crippen LogP contribution in [0.15, 0.2) is 61.2 Å². The van der Waals surface area contributed by atoms with Crippen molar-refractivity contribution in [2.45, 2.75) is 0 Å². The molecule has 0 spiro atoms. The molecular weight excluding hydrogens is 224 g/mol. The third-order valence-electron chi connectivity index (χ3n) is 2.86. The second kappa shape index (κ2) is 4.37. The molecule has 0 saturated carbocycles. The van der Waals surface area contributed by atoms with E-state index in [9.17, 15) is 4.79 Å². The highest BCUT2D eigenvalue weighted by molar-refractivity contribution is 6.15. The summed E-state index contributed by atoms with van der Waals surface area (Å²) in [6.45, 7) is 0. The largest absolute Gasteiger partial charge is 0.289 e. The molecular formula is C15H10N2O. The quantitative estimate of drug-likeness (QED) is 0.640. The Morgan fingerprint density at radius 3 is 2.50 bits per heavy atom. The molecule has 3 heteroatoms. The summed E-state index contributed by atoms with van der Waals surface area (Å²) in [5.74, 6) is -0.0262. The highest BCUT2D eigenvalue weighted by atomic mass is 16.1. The van der Waals surface area contributed by atoms with Gasteiger partial charge in [0.05, 0.1) is 0 Å². The lowest BCUT2D eigenvalue weighted by molar-refractivity contribution is 0.104. The standard InChI is InChI=1S/C15H10N2O/c18-15(11-5-7-16-8-6-11)14-10-17-9-12-3-1-2-4-13(12)14/h1-10H. The number of carbonyl (C=O) groups is 1. The Kier molecular flexibility index (Phi) is 2.57. The molecule has 3 nitrogen and oxygen atoms in total. The lowest BCUT2D eigenvalue weighted by atomic mass is 10.0. The van der Waals surface area contributed by atoms with Gasteiger partial charge in [0.15, 0.2) is 5.78 Å². The van der Waals surface area contributed by atoms with Gasteiger partial charge in [-0.25, -0.2) is 0 Å². The summed E-state index contributed by atoms with van der Waals surface area (Å²) in [7, 11) is 0. The SMILES string of the molecule is O=C(c1ccncc1)c1cncc2ccccc12. The second-order valence-corrected chi connectivity index (χ2v) is 3.97. The number of rotatable bonds is 2. The minimum atomic E-state index is -0.0262. The molecule has 0 radical (unpaired) electrons. The van der Waals surface area contributed by atoms with Crippen LogP contribution >= 0.6 is 0 Å².